The summed E-state index contributed by atoms with van der Waals surface area (Å²) in [6.07, 6.45) is 6.77. The minimum atomic E-state index is -0.330. The lowest BCUT2D eigenvalue weighted by Crippen LogP contribution is -2.28. The molecule has 0 fully saturated rings. The van der Waals surface area contributed by atoms with Crippen LogP contribution >= 0.6 is 0 Å². The molecule has 0 aliphatic heterocycles. The molecular formula is C11H14N4. The summed E-state index contributed by atoms with van der Waals surface area (Å²) in [4.78, 5) is 8.80. The molecule has 0 aromatic carbocycles. The van der Waals surface area contributed by atoms with Crippen molar-refractivity contribution in [1.29, 1.82) is 5.26 Å². The Bertz CT molecular complexity index is 337. The van der Waals surface area contributed by atoms with Crippen molar-refractivity contribution in [3.63, 3.8) is 0 Å². The van der Waals surface area contributed by atoms with E-state index in [4.69, 9.17) is 5.26 Å². The third kappa shape index (κ3) is 2.79. The van der Waals surface area contributed by atoms with Gasteiger partial charge in [-0.05, 0) is 0 Å². The highest BCUT2D eigenvalue weighted by Crippen LogP contribution is 2.16. The smallest absolute Gasteiger partial charge is 0.140 e. The second-order valence-electron chi connectivity index (χ2n) is 3.07. The standard InChI is InChI=1S/C11H14N4/c1-3-5-15(6-4-2)11(7-12)10-8-13-9-14-10/h3-4,8-9,11H,1-2,5-6H2,(H,13,14). The predicted molar refractivity (Wildman–Crippen MR) is 58.9 cm³/mol. The van der Waals surface area contributed by atoms with E-state index >= 15 is 0 Å². The molecule has 0 aliphatic rings. The normalized spacial score (nSPS) is 12.0. The third-order valence-corrected chi connectivity index (χ3v) is 2.03. The number of hydrogen-bond donors (Lipinski definition) is 1. The van der Waals surface area contributed by atoms with Gasteiger partial charge in [0.05, 0.1) is 24.3 Å². The zero-order valence-corrected chi connectivity index (χ0v) is 8.56. The van der Waals surface area contributed by atoms with Gasteiger partial charge in [-0.1, -0.05) is 12.2 Å². The second kappa shape index (κ2) is 5.78. The number of H-pyrrole nitrogens is 1. The Morgan fingerprint density at radius 3 is 2.60 bits per heavy atom. The lowest BCUT2D eigenvalue weighted by molar-refractivity contribution is 0.287. The first-order valence-electron chi connectivity index (χ1n) is 4.67. The molecule has 15 heavy (non-hydrogen) atoms. The maximum absolute atomic E-state index is 9.11. The molecule has 1 N–H and O–H groups in total. The van der Waals surface area contributed by atoms with Crippen molar-refractivity contribution in [2.24, 2.45) is 0 Å². The Morgan fingerprint density at radius 2 is 2.20 bits per heavy atom. The average molecular weight is 202 g/mol. The summed E-state index contributed by atoms with van der Waals surface area (Å²) in [5, 5.41) is 9.11. The monoisotopic (exact) mass is 202 g/mol. The summed E-state index contributed by atoms with van der Waals surface area (Å²) in [5.74, 6) is 0. The lowest BCUT2D eigenvalue weighted by atomic mass is 10.2. The molecule has 0 bridgehead atoms. The van der Waals surface area contributed by atoms with Crippen LogP contribution in [0.4, 0.5) is 0 Å². The number of nitriles is 1. The number of hydrogen-bond acceptors (Lipinski definition) is 3. The van der Waals surface area contributed by atoms with Gasteiger partial charge in [0.15, 0.2) is 0 Å². The largest absolute Gasteiger partial charge is 0.346 e. The minimum Gasteiger partial charge on any atom is -0.346 e. The fourth-order valence-corrected chi connectivity index (χ4v) is 1.38. The van der Waals surface area contributed by atoms with Crippen LogP contribution in [0.25, 0.3) is 0 Å². The van der Waals surface area contributed by atoms with Crippen molar-refractivity contribution in [3.8, 4) is 6.07 Å². The van der Waals surface area contributed by atoms with Crippen LogP contribution in [0.15, 0.2) is 37.8 Å². The Morgan fingerprint density at radius 1 is 1.53 bits per heavy atom. The number of aromatic nitrogens is 2. The molecule has 0 radical (unpaired) electrons. The molecule has 0 saturated carbocycles. The fraction of sp³-hybridized carbons (Fsp3) is 0.273. The van der Waals surface area contributed by atoms with Crippen molar-refractivity contribution < 1.29 is 0 Å². The van der Waals surface area contributed by atoms with Gasteiger partial charge in [0.1, 0.15) is 6.04 Å². The van der Waals surface area contributed by atoms with Crippen molar-refractivity contribution >= 4 is 0 Å². The van der Waals surface area contributed by atoms with E-state index in [0.29, 0.717) is 13.1 Å². The maximum atomic E-state index is 9.11. The van der Waals surface area contributed by atoms with Crippen LogP contribution in [0.5, 0.6) is 0 Å². The van der Waals surface area contributed by atoms with E-state index < -0.39 is 0 Å². The molecule has 4 nitrogen and oxygen atoms in total. The number of aromatic amines is 1. The van der Waals surface area contributed by atoms with Crippen LogP contribution in [-0.2, 0) is 0 Å². The lowest BCUT2D eigenvalue weighted by Gasteiger charge is -2.23. The Labute approximate surface area is 89.6 Å². The van der Waals surface area contributed by atoms with Crippen LogP contribution in [0.3, 0.4) is 0 Å². The van der Waals surface area contributed by atoms with E-state index in [-0.39, 0.29) is 6.04 Å². The summed E-state index contributed by atoms with van der Waals surface area (Å²) in [6, 6.07) is 1.90. The van der Waals surface area contributed by atoms with Crippen molar-refractivity contribution in [2.75, 3.05) is 13.1 Å². The molecule has 4 heteroatoms. The van der Waals surface area contributed by atoms with E-state index in [0.717, 1.165) is 5.69 Å². The molecule has 1 aromatic rings. The highest BCUT2D eigenvalue weighted by atomic mass is 15.2. The average Bonchev–Trinajstić information content (AvgIpc) is 2.73. The molecule has 0 aliphatic carbocycles. The van der Waals surface area contributed by atoms with Crippen LogP contribution < -0.4 is 0 Å². The Balaban J connectivity index is 2.83. The van der Waals surface area contributed by atoms with Gasteiger partial charge in [-0.3, -0.25) is 4.90 Å². The van der Waals surface area contributed by atoms with Gasteiger partial charge >= 0.3 is 0 Å². The Kier molecular flexibility index (Phi) is 4.32. The van der Waals surface area contributed by atoms with E-state index in [1.807, 2.05) is 4.90 Å². The fourth-order valence-electron chi connectivity index (χ4n) is 1.38. The zero-order valence-electron chi connectivity index (χ0n) is 8.56. The number of nitrogens with one attached hydrogen (secondary N) is 1. The van der Waals surface area contributed by atoms with Gasteiger partial charge in [0, 0.05) is 13.1 Å². The topological polar surface area (TPSA) is 55.7 Å². The van der Waals surface area contributed by atoms with Gasteiger partial charge in [-0.15, -0.1) is 13.2 Å². The van der Waals surface area contributed by atoms with E-state index in [1.54, 1.807) is 24.7 Å². The molecule has 1 unspecified atom stereocenters. The molecule has 0 spiro atoms. The van der Waals surface area contributed by atoms with Gasteiger partial charge < -0.3 is 4.98 Å². The first kappa shape index (κ1) is 11.2. The molecule has 0 saturated heterocycles. The molecule has 78 valence electrons. The first-order chi connectivity index (χ1) is 7.33. The Hall–Kier alpha value is -1.86. The number of nitrogens with zero attached hydrogens (tertiary/aromatic N) is 3. The second-order valence-corrected chi connectivity index (χ2v) is 3.07. The van der Waals surface area contributed by atoms with Gasteiger partial charge in [-0.2, -0.15) is 5.26 Å². The SMILES string of the molecule is C=CCN(CC=C)C(C#N)c1cnc[nH]1. The van der Waals surface area contributed by atoms with E-state index in [9.17, 15) is 0 Å². The molecule has 1 heterocycles. The number of imidazole rings is 1. The quantitative estimate of drug-likeness (QED) is 0.713. The highest BCUT2D eigenvalue weighted by Gasteiger charge is 2.18. The molecule has 1 aromatic heterocycles. The molecule has 1 atom stereocenters. The number of rotatable bonds is 6. The maximum Gasteiger partial charge on any atom is 0.140 e. The molecular weight excluding hydrogens is 188 g/mol. The van der Waals surface area contributed by atoms with Gasteiger partial charge in [-0.25, -0.2) is 4.98 Å². The first-order valence-corrected chi connectivity index (χ1v) is 4.67. The van der Waals surface area contributed by atoms with Gasteiger partial charge in [0.2, 0.25) is 0 Å². The molecule has 0 amide bonds. The van der Waals surface area contributed by atoms with Crippen LogP contribution in [0.2, 0.25) is 0 Å². The summed E-state index contributed by atoms with van der Waals surface area (Å²) in [6.45, 7) is 8.62. The van der Waals surface area contributed by atoms with Crippen molar-refractivity contribution in [1.82, 2.24) is 14.9 Å². The predicted octanol–water partition coefficient (Wildman–Crippen LogP) is 1.65. The summed E-state index contributed by atoms with van der Waals surface area (Å²) < 4.78 is 0. The van der Waals surface area contributed by atoms with Crippen LogP contribution in [0.1, 0.15) is 11.7 Å². The van der Waals surface area contributed by atoms with E-state index in [1.165, 1.54) is 0 Å². The van der Waals surface area contributed by atoms with Crippen molar-refractivity contribution in [3.05, 3.63) is 43.5 Å². The minimum absolute atomic E-state index is 0.330. The zero-order chi connectivity index (χ0) is 11.1. The summed E-state index contributed by atoms with van der Waals surface area (Å²) in [5.41, 5.74) is 0.793. The van der Waals surface area contributed by atoms with Crippen LogP contribution in [-0.4, -0.2) is 28.0 Å². The molecule has 1 rings (SSSR count). The van der Waals surface area contributed by atoms with Crippen molar-refractivity contribution in [2.45, 2.75) is 6.04 Å². The summed E-state index contributed by atoms with van der Waals surface area (Å²) in [7, 11) is 0. The third-order valence-electron chi connectivity index (χ3n) is 2.03. The van der Waals surface area contributed by atoms with Gasteiger partial charge in [0.25, 0.3) is 0 Å². The van der Waals surface area contributed by atoms with E-state index in [2.05, 4.69) is 29.2 Å². The summed E-state index contributed by atoms with van der Waals surface area (Å²) >= 11 is 0. The highest BCUT2D eigenvalue weighted by molar-refractivity contribution is 5.13. The van der Waals surface area contributed by atoms with Crippen LogP contribution in [0, 0.1) is 11.3 Å².